The highest BCUT2D eigenvalue weighted by Gasteiger charge is 2.12. The molecule has 1 aliphatic rings. The van der Waals surface area contributed by atoms with Crippen LogP contribution in [-0.2, 0) is 10.0 Å². The molecule has 1 aromatic rings. The fourth-order valence-electron chi connectivity index (χ4n) is 2.26. The van der Waals surface area contributed by atoms with Gasteiger partial charge in [-0.15, -0.1) is 0 Å². The van der Waals surface area contributed by atoms with Crippen LogP contribution in [-0.4, -0.2) is 15.0 Å². The Morgan fingerprint density at radius 2 is 2.16 bits per heavy atom. The predicted molar refractivity (Wildman–Crippen MR) is 77.5 cm³/mol. The molecule has 0 radical (unpaired) electrons. The van der Waals surface area contributed by atoms with E-state index in [1.54, 1.807) is 18.2 Å². The summed E-state index contributed by atoms with van der Waals surface area (Å²) < 4.78 is 22.7. The fraction of sp³-hybridized carbons (Fsp3) is 0.429. The Morgan fingerprint density at radius 1 is 1.37 bits per heavy atom. The van der Waals surface area contributed by atoms with Gasteiger partial charge in [-0.05, 0) is 49.8 Å². The van der Waals surface area contributed by atoms with E-state index in [2.05, 4.69) is 17.5 Å². The van der Waals surface area contributed by atoms with Crippen molar-refractivity contribution in [3.05, 3.63) is 35.9 Å². The zero-order valence-corrected chi connectivity index (χ0v) is 11.9. The van der Waals surface area contributed by atoms with Gasteiger partial charge in [0.05, 0.1) is 4.90 Å². The number of benzene rings is 1. The first kappa shape index (κ1) is 14.1. The highest BCUT2D eigenvalue weighted by molar-refractivity contribution is 7.89. The highest BCUT2D eigenvalue weighted by Crippen LogP contribution is 2.22. The van der Waals surface area contributed by atoms with E-state index < -0.39 is 10.0 Å². The summed E-state index contributed by atoms with van der Waals surface area (Å²) in [5.74, 6) is 0.613. The molecule has 0 aromatic heterocycles. The summed E-state index contributed by atoms with van der Waals surface area (Å²) >= 11 is 0. The maximum atomic E-state index is 11.3. The van der Waals surface area contributed by atoms with Crippen LogP contribution in [0.15, 0.2) is 35.2 Å². The molecule has 3 N–H and O–H groups in total. The molecule has 0 fully saturated rings. The highest BCUT2D eigenvalue weighted by atomic mass is 32.2. The van der Waals surface area contributed by atoms with Gasteiger partial charge in [-0.3, -0.25) is 0 Å². The van der Waals surface area contributed by atoms with E-state index in [1.165, 1.54) is 6.42 Å². The first-order valence-corrected chi connectivity index (χ1v) is 8.04. The van der Waals surface area contributed by atoms with Crippen LogP contribution in [0.1, 0.15) is 24.8 Å². The largest absolute Gasteiger partial charge is 0.385 e. The lowest BCUT2D eigenvalue weighted by Gasteiger charge is -2.20. The van der Waals surface area contributed by atoms with Gasteiger partial charge in [0.15, 0.2) is 0 Å². The van der Waals surface area contributed by atoms with Crippen molar-refractivity contribution in [1.82, 2.24) is 0 Å². The van der Waals surface area contributed by atoms with Gasteiger partial charge in [0.1, 0.15) is 0 Å². The number of anilines is 1. The Balaban J connectivity index is 2.09. The standard InChI is InChI=1S/C14H20N2O2S/c1-11-7-8-13(19(15,17)18)9-14(11)16-10-12-5-3-2-4-6-12/h2-3,7-9,12,16H,4-6,10H2,1H3,(H2,15,17,18)/t12-/m1/s1. The number of rotatable bonds is 4. The Bertz CT molecular complexity index is 579. The lowest BCUT2D eigenvalue weighted by atomic mass is 9.94. The van der Waals surface area contributed by atoms with Crippen LogP contribution in [0.25, 0.3) is 0 Å². The van der Waals surface area contributed by atoms with Crippen LogP contribution >= 0.6 is 0 Å². The molecule has 0 saturated carbocycles. The first-order chi connectivity index (χ1) is 8.97. The van der Waals surface area contributed by atoms with E-state index >= 15 is 0 Å². The summed E-state index contributed by atoms with van der Waals surface area (Å²) in [6.07, 6.45) is 7.81. The normalized spacial score (nSPS) is 19.4. The van der Waals surface area contributed by atoms with Gasteiger partial charge in [-0.25, -0.2) is 13.6 Å². The number of hydrogen-bond acceptors (Lipinski definition) is 3. The Morgan fingerprint density at radius 3 is 2.79 bits per heavy atom. The van der Waals surface area contributed by atoms with Crippen LogP contribution in [0.4, 0.5) is 5.69 Å². The molecule has 4 nitrogen and oxygen atoms in total. The molecule has 0 heterocycles. The summed E-state index contributed by atoms with van der Waals surface area (Å²) in [7, 11) is -3.64. The molecule has 104 valence electrons. The average Bonchev–Trinajstić information content (AvgIpc) is 2.37. The van der Waals surface area contributed by atoms with Crippen molar-refractivity contribution in [3.8, 4) is 0 Å². The summed E-state index contributed by atoms with van der Waals surface area (Å²) in [4.78, 5) is 0.157. The Labute approximate surface area is 114 Å². The molecule has 19 heavy (non-hydrogen) atoms. The van der Waals surface area contributed by atoms with Crippen LogP contribution in [0.2, 0.25) is 0 Å². The smallest absolute Gasteiger partial charge is 0.238 e. The molecular formula is C14H20N2O2S. The third-order valence-corrected chi connectivity index (χ3v) is 4.41. The number of aryl methyl sites for hydroxylation is 1. The number of hydrogen-bond donors (Lipinski definition) is 2. The van der Waals surface area contributed by atoms with Crippen molar-refractivity contribution >= 4 is 15.7 Å². The lowest BCUT2D eigenvalue weighted by Crippen LogP contribution is -2.17. The number of nitrogens with two attached hydrogens (primary N) is 1. The number of primary sulfonamides is 1. The van der Waals surface area contributed by atoms with Gasteiger partial charge in [-0.2, -0.15) is 0 Å². The van der Waals surface area contributed by atoms with Crippen molar-refractivity contribution in [2.75, 3.05) is 11.9 Å². The molecule has 2 rings (SSSR count). The quantitative estimate of drug-likeness (QED) is 0.832. The minimum Gasteiger partial charge on any atom is -0.385 e. The maximum absolute atomic E-state index is 11.3. The number of nitrogens with one attached hydrogen (secondary N) is 1. The molecule has 0 amide bonds. The van der Waals surface area contributed by atoms with E-state index in [1.807, 2.05) is 6.92 Å². The topological polar surface area (TPSA) is 72.2 Å². The van der Waals surface area contributed by atoms with Crippen LogP contribution in [0.5, 0.6) is 0 Å². The van der Waals surface area contributed by atoms with Crippen molar-refractivity contribution in [2.45, 2.75) is 31.1 Å². The van der Waals surface area contributed by atoms with Crippen LogP contribution in [0.3, 0.4) is 0 Å². The van der Waals surface area contributed by atoms with Gasteiger partial charge < -0.3 is 5.32 Å². The monoisotopic (exact) mass is 280 g/mol. The number of sulfonamides is 1. The molecule has 0 bridgehead atoms. The lowest BCUT2D eigenvalue weighted by molar-refractivity contribution is 0.504. The van der Waals surface area contributed by atoms with E-state index in [9.17, 15) is 8.42 Å². The minimum absolute atomic E-state index is 0.157. The molecule has 0 spiro atoms. The first-order valence-electron chi connectivity index (χ1n) is 6.49. The van der Waals surface area contributed by atoms with Crippen molar-refractivity contribution in [3.63, 3.8) is 0 Å². The molecule has 1 atom stereocenters. The minimum atomic E-state index is -3.64. The maximum Gasteiger partial charge on any atom is 0.238 e. The number of allylic oxidation sites excluding steroid dienone is 2. The third-order valence-electron chi connectivity index (χ3n) is 3.50. The Hall–Kier alpha value is -1.33. The fourth-order valence-corrected chi connectivity index (χ4v) is 2.80. The van der Waals surface area contributed by atoms with Crippen molar-refractivity contribution in [2.24, 2.45) is 11.1 Å². The van der Waals surface area contributed by atoms with Crippen molar-refractivity contribution < 1.29 is 8.42 Å². The summed E-state index contributed by atoms with van der Waals surface area (Å²) in [6, 6.07) is 4.94. The molecule has 0 aliphatic heterocycles. The predicted octanol–water partition coefficient (Wildman–Crippen LogP) is 2.41. The summed E-state index contributed by atoms with van der Waals surface area (Å²) in [5.41, 5.74) is 1.87. The van der Waals surface area contributed by atoms with Gasteiger partial charge in [-0.1, -0.05) is 18.2 Å². The summed E-state index contributed by atoms with van der Waals surface area (Å²) in [5, 5.41) is 8.49. The molecule has 0 saturated heterocycles. The Kier molecular flexibility index (Phi) is 4.27. The average molecular weight is 280 g/mol. The second kappa shape index (κ2) is 5.75. The SMILES string of the molecule is Cc1ccc(S(N)(=O)=O)cc1NC[C@@H]1CC=CCC1. The van der Waals surface area contributed by atoms with Gasteiger partial charge in [0, 0.05) is 12.2 Å². The molecular weight excluding hydrogens is 260 g/mol. The third kappa shape index (κ3) is 3.81. The van der Waals surface area contributed by atoms with Gasteiger partial charge >= 0.3 is 0 Å². The second-order valence-corrected chi connectivity index (χ2v) is 6.61. The molecule has 0 unspecified atom stereocenters. The van der Waals surface area contributed by atoms with E-state index in [-0.39, 0.29) is 4.90 Å². The summed E-state index contributed by atoms with van der Waals surface area (Å²) in [6.45, 7) is 2.81. The zero-order valence-electron chi connectivity index (χ0n) is 11.1. The van der Waals surface area contributed by atoms with Gasteiger partial charge in [0.2, 0.25) is 10.0 Å². The molecule has 1 aliphatic carbocycles. The zero-order chi connectivity index (χ0) is 13.9. The van der Waals surface area contributed by atoms with Crippen LogP contribution in [0, 0.1) is 12.8 Å². The van der Waals surface area contributed by atoms with E-state index in [4.69, 9.17) is 5.14 Å². The van der Waals surface area contributed by atoms with Gasteiger partial charge in [0.25, 0.3) is 0 Å². The van der Waals surface area contributed by atoms with Crippen LogP contribution < -0.4 is 10.5 Å². The second-order valence-electron chi connectivity index (χ2n) is 5.05. The molecule has 1 aromatic carbocycles. The molecule has 5 heteroatoms. The van der Waals surface area contributed by atoms with E-state index in [0.29, 0.717) is 5.92 Å². The van der Waals surface area contributed by atoms with E-state index in [0.717, 1.165) is 30.6 Å². The van der Waals surface area contributed by atoms with Crippen molar-refractivity contribution in [1.29, 1.82) is 0 Å².